The van der Waals surface area contributed by atoms with E-state index in [0.29, 0.717) is 4.88 Å². The number of hydrogen-bond donors (Lipinski definition) is 2. The summed E-state index contributed by atoms with van der Waals surface area (Å²) < 4.78 is 53.7. The van der Waals surface area contributed by atoms with E-state index >= 15 is 0 Å². The summed E-state index contributed by atoms with van der Waals surface area (Å²) in [6, 6.07) is 9.46. The summed E-state index contributed by atoms with van der Waals surface area (Å²) in [6.07, 6.45) is -1.93. The van der Waals surface area contributed by atoms with Gasteiger partial charge < -0.3 is 15.2 Å². The Balaban J connectivity index is 2.03. The maximum atomic E-state index is 12.4. The number of nitriles is 1. The van der Waals surface area contributed by atoms with Gasteiger partial charge >= 0.3 is 6.61 Å². The molecule has 0 spiro atoms. The second kappa shape index (κ2) is 9.59. The molecule has 0 aliphatic rings. The van der Waals surface area contributed by atoms with Gasteiger partial charge in [0.15, 0.2) is 15.9 Å². The molecule has 11 heteroatoms. The number of carbonyl (C=O) groups excluding carboxylic acids is 1. The molecule has 1 amide bonds. The lowest BCUT2D eigenvalue weighted by atomic mass is 10.2. The molecule has 0 saturated heterocycles. The fourth-order valence-corrected chi connectivity index (χ4v) is 4.49. The maximum Gasteiger partial charge on any atom is 0.387 e. The molecule has 0 bridgehead atoms. The SMILES string of the molecule is N#CC(NC(=O)C(O)CS(=O)(=O)Cc1ccccc1OC(F)F)c1cccs1. The number of aliphatic hydroxyl groups is 1. The Kier molecular flexibility index (Phi) is 7.45. The largest absolute Gasteiger partial charge is 0.435 e. The molecule has 2 aromatic rings. The number of alkyl halides is 2. The molecule has 7 nitrogen and oxygen atoms in total. The van der Waals surface area contributed by atoms with Crippen LogP contribution in [0.5, 0.6) is 5.75 Å². The Morgan fingerprint density at radius 3 is 2.61 bits per heavy atom. The molecular weight excluding hydrogens is 414 g/mol. The summed E-state index contributed by atoms with van der Waals surface area (Å²) in [5.74, 6) is -2.97. The van der Waals surface area contributed by atoms with Gasteiger partial charge in [-0.15, -0.1) is 11.3 Å². The topological polar surface area (TPSA) is 116 Å². The first-order chi connectivity index (χ1) is 13.2. The van der Waals surface area contributed by atoms with Gasteiger partial charge in [-0.05, 0) is 17.5 Å². The van der Waals surface area contributed by atoms with Gasteiger partial charge in [-0.1, -0.05) is 24.3 Å². The Morgan fingerprint density at radius 2 is 2.00 bits per heavy atom. The van der Waals surface area contributed by atoms with Crippen LogP contribution < -0.4 is 10.1 Å². The highest BCUT2D eigenvalue weighted by molar-refractivity contribution is 7.90. The highest BCUT2D eigenvalue weighted by Gasteiger charge is 2.27. The van der Waals surface area contributed by atoms with Gasteiger partial charge in [-0.25, -0.2) is 8.42 Å². The van der Waals surface area contributed by atoms with Crippen LogP contribution in [0.4, 0.5) is 8.78 Å². The third-order valence-corrected chi connectivity index (χ3v) is 6.03. The first kappa shape index (κ1) is 21.7. The van der Waals surface area contributed by atoms with E-state index in [9.17, 15) is 27.1 Å². The Morgan fingerprint density at radius 1 is 1.29 bits per heavy atom. The molecule has 2 N–H and O–H groups in total. The van der Waals surface area contributed by atoms with Crippen LogP contribution in [0.1, 0.15) is 16.5 Å². The number of ether oxygens (including phenoxy) is 1. The highest BCUT2D eigenvalue weighted by Crippen LogP contribution is 2.23. The molecule has 1 aromatic heterocycles. The zero-order chi connectivity index (χ0) is 20.7. The summed E-state index contributed by atoms with van der Waals surface area (Å²) >= 11 is 1.22. The lowest BCUT2D eigenvalue weighted by molar-refractivity contribution is -0.128. The van der Waals surface area contributed by atoms with Crippen molar-refractivity contribution in [3.8, 4) is 11.8 Å². The van der Waals surface area contributed by atoms with E-state index in [4.69, 9.17) is 5.26 Å². The van der Waals surface area contributed by atoms with Gasteiger partial charge in [0.25, 0.3) is 5.91 Å². The van der Waals surface area contributed by atoms with Crippen molar-refractivity contribution in [1.82, 2.24) is 5.32 Å². The van der Waals surface area contributed by atoms with Crippen LogP contribution in [-0.2, 0) is 20.4 Å². The average Bonchev–Trinajstić information content (AvgIpc) is 3.14. The molecule has 1 aromatic carbocycles. The molecule has 2 atom stereocenters. The number of aliphatic hydroxyl groups excluding tert-OH is 1. The van der Waals surface area contributed by atoms with Gasteiger partial charge in [0.2, 0.25) is 0 Å². The first-order valence-electron chi connectivity index (χ1n) is 7.86. The number of sulfone groups is 1. The number of nitrogens with zero attached hydrogens (tertiary/aromatic N) is 1. The predicted octanol–water partition coefficient (Wildman–Crippen LogP) is 2.01. The minimum atomic E-state index is -4.05. The van der Waals surface area contributed by atoms with E-state index in [2.05, 4.69) is 10.1 Å². The van der Waals surface area contributed by atoms with Crippen molar-refractivity contribution in [2.45, 2.75) is 24.5 Å². The van der Waals surface area contributed by atoms with Crippen molar-refractivity contribution in [3.05, 3.63) is 52.2 Å². The van der Waals surface area contributed by atoms with Crippen molar-refractivity contribution in [3.63, 3.8) is 0 Å². The normalized spacial score (nSPS) is 13.5. The number of nitrogens with one attached hydrogen (secondary N) is 1. The van der Waals surface area contributed by atoms with Gasteiger partial charge in [-0.3, -0.25) is 4.79 Å². The summed E-state index contributed by atoms with van der Waals surface area (Å²) in [7, 11) is -4.05. The summed E-state index contributed by atoms with van der Waals surface area (Å²) in [5, 5.41) is 23.0. The zero-order valence-corrected chi connectivity index (χ0v) is 15.9. The van der Waals surface area contributed by atoms with Crippen LogP contribution in [0, 0.1) is 11.3 Å². The van der Waals surface area contributed by atoms with Crippen LogP contribution in [0.15, 0.2) is 41.8 Å². The molecule has 2 unspecified atom stereocenters. The third-order valence-electron chi connectivity index (χ3n) is 3.52. The molecule has 150 valence electrons. The number of hydrogen-bond acceptors (Lipinski definition) is 7. The van der Waals surface area contributed by atoms with E-state index in [-0.39, 0.29) is 11.3 Å². The average molecular weight is 430 g/mol. The highest BCUT2D eigenvalue weighted by atomic mass is 32.2. The molecule has 0 radical (unpaired) electrons. The minimum Gasteiger partial charge on any atom is -0.435 e. The Labute approximate surface area is 164 Å². The summed E-state index contributed by atoms with van der Waals surface area (Å²) in [5.41, 5.74) is -0.0242. The Hall–Kier alpha value is -2.55. The number of halogens is 2. The monoisotopic (exact) mass is 430 g/mol. The number of para-hydroxylation sites is 1. The number of carbonyl (C=O) groups is 1. The van der Waals surface area contributed by atoms with Gasteiger partial charge in [0.05, 0.1) is 17.6 Å². The molecular formula is C17H16F2N2O5S2. The molecule has 0 saturated carbocycles. The van der Waals surface area contributed by atoms with Crippen molar-refractivity contribution in [1.29, 1.82) is 5.26 Å². The van der Waals surface area contributed by atoms with E-state index in [1.807, 2.05) is 6.07 Å². The molecule has 2 rings (SSSR count). The van der Waals surface area contributed by atoms with Gasteiger partial charge in [0.1, 0.15) is 11.9 Å². The van der Waals surface area contributed by atoms with Crippen LogP contribution >= 0.6 is 11.3 Å². The molecule has 0 aliphatic carbocycles. The maximum absolute atomic E-state index is 12.4. The number of thiophene rings is 1. The number of amides is 1. The smallest absolute Gasteiger partial charge is 0.387 e. The van der Waals surface area contributed by atoms with Crippen molar-refractivity contribution in [2.75, 3.05) is 5.75 Å². The van der Waals surface area contributed by atoms with E-state index < -0.39 is 46.0 Å². The molecule has 0 fully saturated rings. The minimum absolute atomic E-state index is 0.0242. The fraction of sp³-hybridized carbons (Fsp3) is 0.294. The van der Waals surface area contributed by atoms with Crippen molar-refractivity contribution in [2.24, 2.45) is 0 Å². The summed E-state index contributed by atoms with van der Waals surface area (Å²) in [6.45, 7) is -3.12. The second-order valence-electron chi connectivity index (χ2n) is 5.64. The molecule has 28 heavy (non-hydrogen) atoms. The van der Waals surface area contributed by atoms with E-state index in [0.717, 1.165) is 0 Å². The van der Waals surface area contributed by atoms with Crippen LogP contribution in [-0.4, -0.2) is 37.9 Å². The van der Waals surface area contributed by atoms with Gasteiger partial charge in [0, 0.05) is 10.4 Å². The lowest BCUT2D eigenvalue weighted by Crippen LogP contribution is -2.40. The molecule has 1 heterocycles. The molecule has 0 aliphatic heterocycles. The quantitative estimate of drug-likeness (QED) is 0.629. The Bertz CT molecular complexity index is 943. The van der Waals surface area contributed by atoms with Crippen molar-refractivity contribution < 1.29 is 31.8 Å². The van der Waals surface area contributed by atoms with E-state index in [1.54, 1.807) is 17.5 Å². The fourth-order valence-electron chi connectivity index (χ4n) is 2.31. The van der Waals surface area contributed by atoms with Gasteiger partial charge in [-0.2, -0.15) is 14.0 Å². The zero-order valence-electron chi connectivity index (χ0n) is 14.3. The number of benzene rings is 1. The van der Waals surface area contributed by atoms with E-state index in [1.165, 1.54) is 35.6 Å². The summed E-state index contributed by atoms with van der Waals surface area (Å²) in [4.78, 5) is 12.6. The first-order valence-corrected chi connectivity index (χ1v) is 10.6. The van der Waals surface area contributed by atoms with Crippen LogP contribution in [0.2, 0.25) is 0 Å². The van der Waals surface area contributed by atoms with Crippen LogP contribution in [0.25, 0.3) is 0 Å². The van der Waals surface area contributed by atoms with Crippen LogP contribution in [0.3, 0.4) is 0 Å². The predicted molar refractivity (Wildman–Crippen MR) is 97.4 cm³/mol. The van der Waals surface area contributed by atoms with Crippen molar-refractivity contribution >= 4 is 27.1 Å². The number of rotatable bonds is 9. The second-order valence-corrected chi connectivity index (χ2v) is 8.73. The third kappa shape index (κ3) is 6.26. The lowest BCUT2D eigenvalue weighted by Gasteiger charge is -2.15. The standard InChI is InChI=1S/C17H16F2N2O5S2/c18-17(19)26-14-5-2-1-4-11(14)9-28(24,25)10-13(22)16(23)21-12(8-20)15-6-3-7-27-15/h1-7,12-13,17,22H,9-10H2,(H,21,23).